The van der Waals surface area contributed by atoms with E-state index in [4.69, 9.17) is 24.1 Å². The van der Waals surface area contributed by atoms with Crippen LogP contribution in [0.4, 0.5) is 0 Å². The molecule has 0 spiro atoms. The third-order valence-corrected chi connectivity index (χ3v) is 2.24. The molecule has 0 amide bonds. The van der Waals surface area contributed by atoms with Crippen molar-refractivity contribution in [1.82, 2.24) is 0 Å². The predicted molar refractivity (Wildman–Crippen MR) is 74.4 cm³/mol. The van der Waals surface area contributed by atoms with E-state index in [0.717, 1.165) is 11.0 Å². The van der Waals surface area contributed by atoms with E-state index in [2.05, 4.69) is 22.6 Å². The average Bonchev–Trinajstić information content (AvgIpc) is 2.34. The zero-order valence-corrected chi connectivity index (χ0v) is 12.6. The minimum Gasteiger partial charge on any atom is -0.481 e. The fourth-order valence-electron chi connectivity index (χ4n) is 0.976. The molecule has 0 saturated carbocycles. The van der Waals surface area contributed by atoms with Gasteiger partial charge in [-0.05, 0) is 0 Å². The summed E-state index contributed by atoms with van der Waals surface area (Å²) in [5, 5.41) is 8.35. The molecule has 0 saturated heterocycles. The van der Waals surface area contributed by atoms with Crippen LogP contribution in [0.15, 0.2) is 0 Å². The van der Waals surface area contributed by atoms with Crippen LogP contribution in [0.3, 0.4) is 0 Å². The van der Waals surface area contributed by atoms with Crippen LogP contribution in [-0.4, -0.2) is 68.4 Å². The summed E-state index contributed by atoms with van der Waals surface area (Å²) in [6, 6.07) is 0. The number of hydrogen-bond donors (Lipinski definition) is 1. The van der Waals surface area contributed by atoms with Crippen molar-refractivity contribution in [2.45, 2.75) is 6.42 Å². The Balaban J connectivity index is 2.92. The third-order valence-electron chi connectivity index (χ3n) is 1.80. The summed E-state index contributed by atoms with van der Waals surface area (Å²) in [5.41, 5.74) is 0. The summed E-state index contributed by atoms with van der Waals surface area (Å²) in [5.74, 6) is -0.853. The second-order valence-electron chi connectivity index (χ2n) is 3.28. The summed E-state index contributed by atoms with van der Waals surface area (Å²) >= 11 is 2.25. The summed E-state index contributed by atoms with van der Waals surface area (Å²) in [7, 11) is 0. The predicted octanol–water partition coefficient (Wildman–Crippen LogP) is 0.962. The van der Waals surface area contributed by atoms with Crippen LogP contribution >= 0.6 is 22.6 Å². The Kier molecular flexibility index (Phi) is 15.1. The normalized spacial score (nSPS) is 10.7. The van der Waals surface area contributed by atoms with E-state index in [1.165, 1.54) is 0 Å². The number of carbonyl (C=O) groups is 1. The Labute approximate surface area is 121 Å². The Morgan fingerprint density at radius 1 is 0.778 bits per heavy atom. The van der Waals surface area contributed by atoms with Gasteiger partial charge in [-0.25, -0.2) is 0 Å². The summed E-state index contributed by atoms with van der Waals surface area (Å²) in [6.45, 7) is 4.07. The van der Waals surface area contributed by atoms with Gasteiger partial charge in [0.1, 0.15) is 0 Å². The molecule has 0 aromatic carbocycles. The second kappa shape index (κ2) is 15.1. The van der Waals surface area contributed by atoms with Crippen molar-refractivity contribution in [1.29, 1.82) is 0 Å². The quantitative estimate of drug-likeness (QED) is 0.277. The highest BCUT2D eigenvalue weighted by Crippen LogP contribution is 1.86. The lowest BCUT2D eigenvalue weighted by atomic mass is 10.5. The molecule has 1 N–H and O–H groups in total. The van der Waals surface area contributed by atoms with Crippen LogP contribution in [0.2, 0.25) is 0 Å². The van der Waals surface area contributed by atoms with Crippen molar-refractivity contribution in [3.8, 4) is 0 Å². The van der Waals surface area contributed by atoms with Crippen molar-refractivity contribution in [3.05, 3.63) is 0 Å². The fourth-order valence-corrected chi connectivity index (χ4v) is 1.29. The van der Waals surface area contributed by atoms with Gasteiger partial charge in [0.2, 0.25) is 0 Å². The van der Waals surface area contributed by atoms with Crippen LogP contribution in [-0.2, 0) is 23.7 Å². The largest absolute Gasteiger partial charge is 0.481 e. The van der Waals surface area contributed by atoms with Crippen LogP contribution in [0.1, 0.15) is 6.42 Å². The number of carboxylic acid groups (broad SMARTS) is 1. The molecule has 0 aliphatic carbocycles. The Hall–Kier alpha value is 0.0400. The molecule has 6 nitrogen and oxygen atoms in total. The monoisotopic (exact) mass is 376 g/mol. The van der Waals surface area contributed by atoms with Gasteiger partial charge in [-0.2, -0.15) is 0 Å². The van der Waals surface area contributed by atoms with Gasteiger partial charge in [-0.15, -0.1) is 0 Å². The van der Waals surface area contributed by atoms with Gasteiger partial charge < -0.3 is 24.1 Å². The van der Waals surface area contributed by atoms with Crippen molar-refractivity contribution in [2.24, 2.45) is 0 Å². The molecule has 108 valence electrons. The van der Waals surface area contributed by atoms with Crippen molar-refractivity contribution in [3.63, 3.8) is 0 Å². The van der Waals surface area contributed by atoms with Crippen LogP contribution in [0.5, 0.6) is 0 Å². The molecule has 7 heteroatoms. The van der Waals surface area contributed by atoms with E-state index >= 15 is 0 Å². The lowest BCUT2D eigenvalue weighted by Gasteiger charge is -2.06. The van der Waals surface area contributed by atoms with Gasteiger partial charge in [0.25, 0.3) is 0 Å². The molecular formula is C11H21IO6. The SMILES string of the molecule is O=C(O)CCOCCOCCOCCOCCI. The van der Waals surface area contributed by atoms with Crippen LogP contribution < -0.4 is 0 Å². The summed E-state index contributed by atoms with van der Waals surface area (Å²) in [4.78, 5) is 10.2. The number of halogens is 1. The molecule has 0 fully saturated rings. The molecule has 0 unspecified atom stereocenters. The lowest BCUT2D eigenvalue weighted by Crippen LogP contribution is -2.13. The standard InChI is InChI=1S/C11H21IO6/c12-2-4-16-6-8-18-10-9-17-7-5-15-3-1-11(13)14/h1-10H2,(H,13,14). The molecule has 0 radical (unpaired) electrons. The Bertz CT molecular complexity index is 190. The van der Waals surface area contributed by atoms with Gasteiger partial charge in [0, 0.05) is 4.43 Å². The number of hydrogen-bond acceptors (Lipinski definition) is 5. The third kappa shape index (κ3) is 16.0. The lowest BCUT2D eigenvalue weighted by molar-refractivity contribution is -0.138. The maximum atomic E-state index is 10.2. The molecule has 0 rings (SSSR count). The summed E-state index contributed by atoms with van der Waals surface area (Å²) < 4.78 is 21.8. The molecule has 0 bridgehead atoms. The highest BCUT2D eigenvalue weighted by atomic mass is 127. The molecule has 0 aromatic rings. The zero-order valence-electron chi connectivity index (χ0n) is 10.4. The van der Waals surface area contributed by atoms with Gasteiger partial charge in [-0.1, -0.05) is 22.6 Å². The molecular weight excluding hydrogens is 355 g/mol. The van der Waals surface area contributed by atoms with Gasteiger partial charge >= 0.3 is 5.97 Å². The topological polar surface area (TPSA) is 74.2 Å². The first-order chi connectivity index (χ1) is 8.77. The molecule has 0 aromatic heterocycles. The van der Waals surface area contributed by atoms with E-state index in [9.17, 15) is 4.79 Å². The summed E-state index contributed by atoms with van der Waals surface area (Å²) in [6.07, 6.45) is 0.0281. The minimum atomic E-state index is -0.853. The Morgan fingerprint density at radius 2 is 1.17 bits per heavy atom. The first kappa shape index (κ1) is 18.0. The fraction of sp³-hybridized carbons (Fsp3) is 0.909. The molecule has 0 heterocycles. The average molecular weight is 376 g/mol. The van der Waals surface area contributed by atoms with Crippen LogP contribution in [0.25, 0.3) is 0 Å². The number of rotatable bonds is 14. The second-order valence-corrected chi connectivity index (χ2v) is 4.36. The van der Waals surface area contributed by atoms with E-state index < -0.39 is 5.97 Å². The first-order valence-corrected chi connectivity index (χ1v) is 7.38. The van der Waals surface area contributed by atoms with E-state index in [-0.39, 0.29) is 13.0 Å². The minimum absolute atomic E-state index is 0.0281. The first-order valence-electron chi connectivity index (χ1n) is 5.86. The van der Waals surface area contributed by atoms with Crippen molar-refractivity contribution < 1.29 is 28.8 Å². The number of aliphatic carboxylic acids is 1. The highest BCUT2D eigenvalue weighted by Gasteiger charge is 1.96. The number of carboxylic acids is 1. The molecule has 0 aliphatic heterocycles. The highest BCUT2D eigenvalue weighted by molar-refractivity contribution is 14.1. The molecule has 18 heavy (non-hydrogen) atoms. The Morgan fingerprint density at radius 3 is 1.56 bits per heavy atom. The zero-order chi connectivity index (χ0) is 13.5. The molecule has 0 aliphatic rings. The van der Waals surface area contributed by atoms with E-state index in [1.54, 1.807) is 0 Å². The van der Waals surface area contributed by atoms with E-state index in [1.807, 2.05) is 0 Å². The van der Waals surface area contributed by atoms with Crippen LogP contribution in [0, 0.1) is 0 Å². The van der Waals surface area contributed by atoms with Gasteiger partial charge in [0.05, 0.1) is 59.3 Å². The van der Waals surface area contributed by atoms with Gasteiger partial charge in [0.15, 0.2) is 0 Å². The number of ether oxygens (including phenoxy) is 4. The van der Waals surface area contributed by atoms with Gasteiger partial charge in [-0.3, -0.25) is 4.79 Å². The number of alkyl halides is 1. The van der Waals surface area contributed by atoms with Crippen molar-refractivity contribution in [2.75, 3.05) is 57.3 Å². The van der Waals surface area contributed by atoms with E-state index in [0.29, 0.717) is 39.6 Å². The maximum absolute atomic E-state index is 10.2. The molecule has 0 atom stereocenters. The smallest absolute Gasteiger partial charge is 0.305 e. The maximum Gasteiger partial charge on any atom is 0.305 e. The van der Waals surface area contributed by atoms with Crippen molar-refractivity contribution >= 4 is 28.6 Å².